The summed E-state index contributed by atoms with van der Waals surface area (Å²) < 4.78 is 16.7. The molecule has 3 N–H and O–H groups in total. The van der Waals surface area contributed by atoms with Gasteiger partial charge in [-0.05, 0) is 18.2 Å². The van der Waals surface area contributed by atoms with Crippen molar-refractivity contribution in [3.63, 3.8) is 0 Å². The Bertz CT molecular complexity index is 1250. The summed E-state index contributed by atoms with van der Waals surface area (Å²) in [7, 11) is 3.18. The van der Waals surface area contributed by atoms with Crippen LogP contribution in [0.15, 0.2) is 72.9 Å². The first-order valence-corrected chi connectivity index (χ1v) is 9.71. The van der Waals surface area contributed by atoms with Gasteiger partial charge in [0.2, 0.25) is 0 Å². The molecule has 0 aliphatic carbocycles. The highest BCUT2D eigenvalue weighted by Crippen LogP contribution is 2.35. The molecule has 0 saturated carbocycles. The Morgan fingerprint density at radius 3 is 2.28 bits per heavy atom. The number of carboxylic acid groups (broad SMARTS) is 1. The van der Waals surface area contributed by atoms with Crippen LogP contribution < -0.4 is 24.8 Å². The molecule has 0 unspecified atom stereocenters. The molecule has 0 fully saturated rings. The lowest BCUT2D eigenvalue weighted by atomic mass is 10.1. The fourth-order valence-electron chi connectivity index (χ4n) is 3.28. The number of benzene rings is 3. The summed E-state index contributed by atoms with van der Waals surface area (Å²) in [4.78, 5) is 15.4. The number of ether oxygens (including phenoxy) is 3. The summed E-state index contributed by atoms with van der Waals surface area (Å²) in [5.74, 6) is 3.05. The van der Waals surface area contributed by atoms with E-state index >= 15 is 0 Å². The van der Waals surface area contributed by atoms with Gasteiger partial charge >= 0.3 is 6.09 Å². The molecule has 32 heavy (non-hydrogen) atoms. The zero-order chi connectivity index (χ0) is 22.5. The van der Waals surface area contributed by atoms with Gasteiger partial charge in [-0.1, -0.05) is 24.3 Å². The highest BCUT2D eigenvalue weighted by molar-refractivity contribution is 6.02. The summed E-state index contributed by atoms with van der Waals surface area (Å²) >= 11 is 0. The van der Waals surface area contributed by atoms with Crippen molar-refractivity contribution in [2.45, 2.75) is 0 Å². The van der Waals surface area contributed by atoms with Gasteiger partial charge in [0.25, 0.3) is 0 Å². The number of carbonyl (C=O) groups is 1. The lowest BCUT2D eigenvalue weighted by Gasteiger charge is -2.13. The van der Waals surface area contributed by atoms with Crippen LogP contribution in [0.25, 0.3) is 10.8 Å². The van der Waals surface area contributed by atoms with Gasteiger partial charge in [-0.25, -0.2) is 9.78 Å². The Balaban J connectivity index is 1.61. The zero-order valence-electron chi connectivity index (χ0n) is 17.5. The minimum atomic E-state index is -1.12. The summed E-state index contributed by atoms with van der Waals surface area (Å²) in [5.41, 5.74) is 1.24. The molecule has 3 aromatic carbocycles. The summed E-state index contributed by atoms with van der Waals surface area (Å²) in [6.07, 6.45) is 0.514. The Labute approximate surface area is 184 Å². The van der Waals surface area contributed by atoms with Gasteiger partial charge in [0, 0.05) is 46.9 Å². The number of fused-ring (bicyclic) bond motifs is 1. The third-order valence-electron chi connectivity index (χ3n) is 4.71. The van der Waals surface area contributed by atoms with E-state index in [2.05, 4.69) is 15.6 Å². The number of nitrogens with zero attached hydrogens (tertiary/aromatic N) is 1. The predicted octanol–water partition coefficient (Wildman–Crippen LogP) is 5.88. The van der Waals surface area contributed by atoms with Crippen LogP contribution in [0.3, 0.4) is 0 Å². The van der Waals surface area contributed by atoms with Crippen LogP contribution in [-0.2, 0) is 0 Å². The average Bonchev–Trinajstić information content (AvgIpc) is 2.80. The van der Waals surface area contributed by atoms with E-state index in [-0.39, 0.29) is 0 Å². The number of anilines is 3. The standard InChI is InChI=1S/C24H21N3O5/c1-30-17-11-15(12-18(13-17)31-2)26-23-14-16(9-10-25-23)32-22-8-7-21(27-24(28)29)19-5-3-4-6-20(19)22/h3-14,27H,1-2H3,(H,25,26)(H,28,29). The zero-order valence-corrected chi connectivity index (χ0v) is 17.5. The molecule has 0 aliphatic rings. The van der Waals surface area contributed by atoms with Crippen molar-refractivity contribution in [1.82, 2.24) is 4.98 Å². The van der Waals surface area contributed by atoms with Crippen molar-refractivity contribution in [3.8, 4) is 23.0 Å². The average molecular weight is 431 g/mol. The van der Waals surface area contributed by atoms with Crippen LogP contribution in [0.4, 0.5) is 22.0 Å². The number of pyridine rings is 1. The molecule has 0 spiro atoms. The SMILES string of the molecule is COc1cc(Nc2cc(Oc3ccc(NC(=O)O)c4ccccc34)ccn2)cc(OC)c1. The molecule has 1 heterocycles. The first-order chi connectivity index (χ1) is 15.6. The highest BCUT2D eigenvalue weighted by atomic mass is 16.5. The topological polar surface area (TPSA) is 102 Å². The molecule has 8 nitrogen and oxygen atoms in total. The number of amides is 1. The normalized spacial score (nSPS) is 10.4. The van der Waals surface area contributed by atoms with Gasteiger partial charge in [-0.2, -0.15) is 0 Å². The maximum Gasteiger partial charge on any atom is 0.409 e. The van der Waals surface area contributed by atoms with E-state index < -0.39 is 6.09 Å². The molecule has 1 amide bonds. The largest absolute Gasteiger partial charge is 0.497 e. The second-order valence-corrected chi connectivity index (χ2v) is 6.79. The van der Waals surface area contributed by atoms with Crippen molar-refractivity contribution < 1.29 is 24.1 Å². The van der Waals surface area contributed by atoms with Crippen molar-refractivity contribution in [2.75, 3.05) is 24.9 Å². The fraction of sp³-hybridized carbons (Fsp3) is 0.0833. The lowest BCUT2D eigenvalue weighted by molar-refractivity contribution is 0.210. The van der Waals surface area contributed by atoms with Crippen LogP contribution in [-0.4, -0.2) is 30.4 Å². The third-order valence-corrected chi connectivity index (χ3v) is 4.71. The number of rotatable bonds is 7. The van der Waals surface area contributed by atoms with Crippen LogP contribution in [0, 0.1) is 0 Å². The quantitative estimate of drug-likeness (QED) is 0.336. The molecule has 0 atom stereocenters. The monoisotopic (exact) mass is 431 g/mol. The van der Waals surface area contributed by atoms with Crippen molar-refractivity contribution in [3.05, 3.63) is 72.9 Å². The second-order valence-electron chi connectivity index (χ2n) is 6.79. The maximum absolute atomic E-state index is 11.1. The van der Waals surface area contributed by atoms with Crippen molar-refractivity contribution >= 4 is 34.1 Å². The molecule has 0 aliphatic heterocycles. The van der Waals surface area contributed by atoms with E-state index in [0.29, 0.717) is 34.5 Å². The van der Waals surface area contributed by atoms with E-state index in [0.717, 1.165) is 16.5 Å². The highest BCUT2D eigenvalue weighted by Gasteiger charge is 2.10. The number of methoxy groups -OCH3 is 2. The van der Waals surface area contributed by atoms with Crippen molar-refractivity contribution in [2.24, 2.45) is 0 Å². The third kappa shape index (κ3) is 4.65. The smallest absolute Gasteiger partial charge is 0.409 e. The molecule has 0 radical (unpaired) electrons. The van der Waals surface area contributed by atoms with Gasteiger partial charge in [0.05, 0.1) is 19.9 Å². The van der Waals surface area contributed by atoms with Gasteiger partial charge in [-0.3, -0.25) is 5.32 Å². The van der Waals surface area contributed by atoms with E-state index in [1.807, 2.05) is 36.4 Å². The Hall–Kier alpha value is -4.46. The van der Waals surface area contributed by atoms with E-state index in [9.17, 15) is 4.79 Å². The van der Waals surface area contributed by atoms with Crippen LogP contribution in [0.2, 0.25) is 0 Å². The number of hydrogen-bond donors (Lipinski definition) is 3. The predicted molar refractivity (Wildman–Crippen MR) is 123 cm³/mol. The maximum atomic E-state index is 11.1. The summed E-state index contributed by atoms with van der Waals surface area (Å²) in [6, 6.07) is 19.8. The Morgan fingerprint density at radius 1 is 0.875 bits per heavy atom. The molecule has 4 rings (SSSR count). The van der Waals surface area contributed by atoms with Crippen LogP contribution >= 0.6 is 0 Å². The summed E-state index contributed by atoms with van der Waals surface area (Å²) in [5, 5.41) is 16.2. The molecule has 162 valence electrons. The minimum absolute atomic E-state index is 0.490. The van der Waals surface area contributed by atoms with Gasteiger partial charge in [-0.15, -0.1) is 0 Å². The Kier molecular flexibility index (Phi) is 5.94. The molecule has 0 bridgehead atoms. The van der Waals surface area contributed by atoms with Crippen LogP contribution in [0.5, 0.6) is 23.0 Å². The number of nitrogens with one attached hydrogen (secondary N) is 2. The molecule has 8 heteroatoms. The Morgan fingerprint density at radius 2 is 1.59 bits per heavy atom. The van der Waals surface area contributed by atoms with Gasteiger partial charge in [0.1, 0.15) is 28.8 Å². The summed E-state index contributed by atoms with van der Waals surface area (Å²) in [6.45, 7) is 0. The van der Waals surface area contributed by atoms with Gasteiger partial charge < -0.3 is 24.6 Å². The molecular weight excluding hydrogens is 410 g/mol. The van der Waals surface area contributed by atoms with E-state index in [1.165, 1.54) is 0 Å². The van der Waals surface area contributed by atoms with Gasteiger partial charge in [0.15, 0.2) is 0 Å². The van der Waals surface area contributed by atoms with E-state index in [4.69, 9.17) is 19.3 Å². The fourth-order valence-corrected chi connectivity index (χ4v) is 3.28. The first-order valence-electron chi connectivity index (χ1n) is 9.71. The molecule has 4 aromatic rings. The number of aromatic nitrogens is 1. The number of hydrogen-bond acceptors (Lipinski definition) is 6. The molecule has 0 saturated heterocycles. The van der Waals surface area contributed by atoms with Crippen molar-refractivity contribution in [1.29, 1.82) is 0 Å². The first kappa shape index (κ1) is 20.8. The lowest BCUT2D eigenvalue weighted by Crippen LogP contribution is -2.07. The minimum Gasteiger partial charge on any atom is -0.497 e. The van der Waals surface area contributed by atoms with Crippen LogP contribution in [0.1, 0.15) is 0 Å². The molecular formula is C24H21N3O5. The second kappa shape index (κ2) is 9.13. The molecule has 1 aromatic heterocycles. The van der Waals surface area contributed by atoms with E-state index in [1.54, 1.807) is 50.7 Å².